The van der Waals surface area contributed by atoms with Crippen molar-refractivity contribution < 1.29 is 9.18 Å². The maximum absolute atomic E-state index is 14.6. The molecule has 1 aliphatic heterocycles. The summed E-state index contributed by atoms with van der Waals surface area (Å²) in [6, 6.07) is 6.19. The lowest BCUT2D eigenvalue weighted by molar-refractivity contribution is 0.191. The van der Waals surface area contributed by atoms with E-state index in [1.54, 1.807) is 36.5 Å². The molecule has 37 heavy (non-hydrogen) atoms. The van der Waals surface area contributed by atoms with Crippen LogP contribution in [0.2, 0.25) is 0 Å². The molecule has 0 bridgehead atoms. The van der Waals surface area contributed by atoms with E-state index in [9.17, 15) is 9.18 Å². The van der Waals surface area contributed by atoms with Crippen LogP contribution >= 0.6 is 0 Å². The van der Waals surface area contributed by atoms with Gasteiger partial charge in [-0.2, -0.15) is 15.2 Å². The first-order chi connectivity index (χ1) is 17.9. The van der Waals surface area contributed by atoms with Gasteiger partial charge in [0.1, 0.15) is 5.82 Å². The fourth-order valence-electron chi connectivity index (χ4n) is 4.09. The van der Waals surface area contributed by atoms with Crippen molar-refractivity contribution >= 4 is 23.6 Å². The topological polar surface area (TPSA) is 133 Å². The van der Waals surface area contributed by atoms with E-state index in [4.69, 9.17) is 0 Å². The molecule has 0 radical (unpaired) electrons. The molecule has 0 aromatic carbocycles. The molecule has 1 saturated heterocycles. The summed E-state index contributed by atoms with van der Waals surface area (Å²) < 4.78 is 15.9. The summed E-state index contributed by atoms with van der Waals surface area (Å²) in [5, 5.41) is 17.2. The summed E-state index contributed by atoms with van der Waals surface area (Å²) in [6.07, 6.45) is 4.73. The minimum atomic E-state index is -0.509. The number of hydrogen-bond acceptors (Lipinski definition) is 8. The van der Waals surface area contributed by atoms with Crippen LogP contribution < -0.4 is 15.5 Å². The van der Waals surface area contributed by atoms with Gasteiger partial charge in [0.2, 0.25) is 5.95 Å². The number of amides is 2. The third kappa shape index (κ3) is 5.50. The number of H-pyrrole nitrogens is 1. The second-order valence-electron chi connectivity index (χ2n) is 8.93. The van der Waals surface area contributed by atoms with E-state index < -0.39 is 11.9 Å². The average molecular weight is 506 g/mol. The molecule has 1 fully saturated rings. The SMILES string of the molecule is Cc1cc(Nc2cc(C)[nH]n2)nc(N2CCN(C(=O)N[C@H](C)c3cnc(-n4cccn4)c(F)c3)CC2)n1. The molecule has 13 heteroatoms. The van der Waals surface area contributed by atoms with Crippen molar-refractivity contribution in [3.63, 3.8) is 0 Å². The molecule has 5 rings (SSSR count). The number of pyridine rings is 1. The van der Waals surface area contributed by atoms with Crippen molar-refractivity contribution in [2.24, 2.45) is 0 Å². The monoisotopic (exact) mass is 505 g/mol. The molecule has 1 atom stereocenters. The van der Waals surface area contributed by atoms with E-state index in [0.29, 0.717) is 49.3 Å². The average Bonchev–Trinajstić information content (AvgIpc) is 3.55. The first kappa shape index (κ1) is 24.2. The fraction of sp³-hybridized carbons (Fsp3) is 0.333. The van der Waals surface area contributed by atoms with Crippen molar-refractivity contribution in [3.05, 3.63) is 65.6 Å². The Balaban J connectivity index is 1.18. The number of anilines is 3. The summed E-state index contributed by atoms with van der Waals surface area (Å²) in [7, 11) is 0. The molecule has 4 aromatic rings. The predicted molar refractivity (Wildman–Crippen MR) is 135 cm³/mol. The third-order valence-electron chi connectivity index (χ3n) is 6.06. The molecule has 12 nitrogen and oxygen atoms in total. The molecule has 4 aromatic heterocycles. The first-order valence-electron chi connectivity index (χ1n) is 12.0. The van der Waals surface area contributed by atoms with Crippen LogP contribution in [0.1, 0.15) is 29.9 Å². The van der Waals surface area contributed by atoms with Gasteiger partial charge in [0, 0.05) is 68.3 Å². The van der Waals surface area contributed by atoms with Crippen molar-refractivity contribution in [3.8, 4) is 5.82 Å². The lowest BCUT2D eigenvalue weighted by Gasteiger charge is -2.35. The van der Waals surface area contributed by atoms with Gasteiger partial charge in [-0.15, -0.1) is 0 Å². The lowest BCUT2D eigenvalue weighted by atomic mass is 10.1. The van der Waals surface area contributed by atoms with Crippen LogP contribution in [0, 0.1) is 19.7 Å². The number of aromatic amines is 1. The highest BCUT2D eigenvalue weighted by Crippen LogP contribution is 2.20. The standard InChI is InChI=1S/C24H28FN11O/c1-15-11-20(30-21-12-16(2)32-33-21)31-23(28-15)34-7-9-35(10-8-34)24(37)29-17(3)18-13-19(25)22(26-14-18)36-6-4-5-27-36/h4-6,11-14,17H,7-10H2,1-3H3,(H,29,37)(H2,28,30,31,32,33)/t17-/m1/s1. The van der Waals surface area contributed by atoms with Crippen LogP contribution in [0.25, 0.3) is 5.82 Å². The summed E-state index contributed by atoms with van der Waals surface area (Å²) in [6.45, 7) is 7.82. The number of nitrogens with zero attached hydrogens (tertiary/aromatic N) is 8. The van der Waals surface area contributed by atoms with Crippen LogP contribution in [0.15, 0.2) is 42.9 Å². The Morgan fingerprint density at radius 3 is 2.59 bits per heavy atom. The van der Waals surface area contributed by atoms with Crippen LogP contribution in [-0.2, 0) is 0 Å². The molecular weight excluding hydrogens is 477 g/mol. The zero-order valence-electron chi connectivity index (χ0n) is 20.8. The Kier molecular flexibility index (Phi) is 6.66. The normalized spacial score (nSPS) is 14.5. The molecule has 3 N–H and O–H groups in total. The molecule has 1 aliphatic rings. The van der Waals surface area contributed by atoms with Gasteiger partial charge in [-0.3, -0.25) is 5.10 Å². The van der Waals surface area contributed by atoms with Crippen molar-refractivity contribution in [1.29, 1.82) is 0 Å². The number of aryl methyl sites for hydroxylation is 2. The summed E-state index contributed by atoms with van der Waals surface area (Å²) >= 11 is 0. The van der Waals surface area contributed by atoms with Crippen LogP contribution in [0.5, 0.6) is 0 Å². The highest BCUT2D eigenvalue weighted by molar-refractivity contribution is 5.75. The maximum atomic E-state index is 14.6. The minimum absolute atomic E-state index is 0.111. The van der Waals surface area contributed by atoms with E-state index in [0.717, 1.165) is 11.4 Å². The predicted octanol–water partition coefficient (Wildman–Crippen LogP) is 2.87. The molecule has 192 valence electrons. The van der Waals surface area contributed by atoms with Crippen LogP contribution in [0.3, 0.4) is 0 Å². The summed E-state index contributed by atoms with van der Waals surface area (Å²) in [4.78, 5) is 30.1. The van der Waals surface area contributed by atoms with Gasteiger partial charge in [-0.25, -0.2) is 23.8 Å². The van der Waals surface area contributed by atoms with Crippen molar-refractivity contribution in [1.82, 2.24) is 45.1 Å². The number of aromatic nitrogens is 7. The van der Waals surface area contributed by atoms with Crippen molar-refractivity contribution in [2.45, 2.75) is 26.8 Å². The zero-order valence-corrected chi connectivity index (χ0v) is 20.8. The fourth-order valence-corrected chi connectivity index (χ4v) is 4.09. The van der Waals surface area contributed by atoms with Gasteiger partial charge < -0.3 is 20.4 Å². The van der Waals surface area contributed by atoms with E-state index in [1.807, 2.05) is 26.0 Å². The highest BCUT2D eigenvalue weighted by atomic mass is 19.1. The van der Waals surface area contributed by atoms with E-state index in [2.05, 4.69) is 45.8 Å². The number of carbonyl (C=O) groups is 1. The van der Waals surface area contributed by atoms with Crippen LogP contribution in [0.4, 0.5) is 26.8 Å². The number of halogens is 1. The minimum Gasteiger partial charge on any atom is -0.337 e. The number of hydrogen-bond donors (Lipinski definition) is 3. The molecular formula is C24H28FN11O. The largest absolute Gasteiger partial charge is 0.337 e. The molecule has 0 spiro atoms. The Hall–Kier alpha value is -4.55. The molecule has 2 amide bonds. The first-order valence-corrected chi connectivity index (χ1v) is 12.0. The van der Waals surface area contributed by atoms with Gasteiger partial charge in [-0.1, -0.05) is 0 Å². The third-order valence-corrected chi connectivity index (χ3v) is 6.06. The van der Waals surface area contributed by atoms with Crippen molar-refractivity contribution in [2.75, 3.05) is 36.4 Å². The quantitative estimate of drug-likeness (QED) is 0.364. The van der Waals surface area contributed by atoms with E-state index in [-0.39, 0.29) is 11.8 Å². The van der Waals surface area contributed by atoms with Gasteiger partial charge in [0.25, 0.3) is 0 Å². The molecule has 5 heterocycles. The van der Waals surface area contributed by atoms with Gasteiger partial charge >= 0.3 is 6.03 Å². The number of urea groups is 1. The highest BCUT2D eigenvalue weighted by Gasteiger charge is 2.24. The van der Waals surface area contributed by atoms with E-state index >= 15 is 0 Å². The molecule has 0 aliphatic carbocycles. The van der Waals surface area contributed by atoms with E-state index in [1.165, 1.54) is 10.7 Å². The second kappa shape index (κ2) is 10.2. The van der Waals surface area contributed by atoms with Gasteiger partial charge in [0.05, 0.1) is 6.04 Å². The molecule has 0 saturated carbocycles. The van der Waals surface area contributed by atoms with Gasteiger partial charge in [-0.05, 0) is 38.5 Å². The Morgan fingerprint density at radius 2 is 1.92 bits per heavy atom. The number of nitrogens with one attached hydrogen (secondary N) is 3. The number of carbonyl (C=O) groups excluding carboxylic acids is 1. The van der Waals surface area contributed by atoms with Gasteiger partial charge in [0.15, 0.2) is 17.5 Å². The number of piperazine rings is 1. The Labute approximate surface area is 212 Å². The molecule has 0 unspecified atom stereocenters. The second-order valence-corrected chi connectivity index (χ2v) is 8.93. The maximum Gasteiger partial charge on any atom is 0.317 e. The zero-order chi connectivity index (χ0) is 25.9. The Morgan fingerprint density at radius 1 is 1.11 bits per heavy atom. The van der Waals surface area contributed by atoms with Crippen LogP contribution in [-0.4, -0.2) is 72.0 Å². The Bertz CT molecular complexity index is 1380. The number of rotatable bonds is 6. The lowest BCUT2D eigenvalue weighted by Crippen LogP contribution is -2.52. The smallest absolute Gasteiger partial charge is 0.317 e. The summed E-state index contributed by atoms with van der Waals surface area (Å²) in [5.74, 6) is 1.54. The summed E-state index contributed by atoms with van der Waals surface area (Å²) in [5.41, 5.74) is 2.35.